The fourth-order valence-corrected chi connectivity index (χ4v) is 3.68. The third kappa shape index (κ3) is 2.36. The molecule has 0 radical (unpaired) electrons. The first kappa shape index (κ1) is 13.0. The summed E-state index contributed by atoms with van der Waals surface area (Å²) in [4.78, 5) is 11.5. The molecule has 1 aliphatic rings. The summed E-state index contributed by atoms with van der Waals surface area (Å²) in [5.74, 6) is 0.862. The molecule has 1 atom stereocenters. The summed E-state index contributed by atoms with van der Waals surface area (Å²) >= 11 is 1.78. The second kappa shape index (κ2) is 5.17. The highest BCUT2D eigenvalue weighted by Crippen LogP contribution is 2.47. The second-order valence-corrected chi connectivity index (χ2v) is 5.88. The fraction of sp³-hybridized carbons (Fsp3) is 0.200. The third-order valence-corrected chi connectivity index (χ3v) is 4.78. The average Bonchev–Trinajstić information content (AvgIpc) is 2.90. The molecular weight excluding hydrogens is 274 g/mol. The summed E-state index contributed by atoms with van der Waals surface area (Å²) in [6.07, 6.45) is 0.946. The van der Waals surface area contributed by atoms with Crippen molar-refractivity contribution in [1.29, 1.82) is 0 Å². The Morgan fingerprint density at radius 1 is 1.25 bits per heavy atom. The van der Waals surface area contributed by atoms with Crippen molar-refractivity contribution in [2.45, 2.75) is 16.6 Å². The summed E-state index contributed by atoms with van der Waals surface area (Å²) in [5.41, 5.74) is 2.56. The van der Waals surface area contributed by atoms with Crippen LogP contribution in [0.2, 0.25) is 0 Å². The van der Waals surface area contributed by atoms with E-state index in [0.717, 1.165) is 17.7 Å². The van der Waals surface area contributed by atoms with Gasteiger partial charge in [0.2, 0.25) is 0 Å². The number of nitro benzene ring substituents is 1. The first-order valence-electron chi connectivity index (χ1n) is 6.25. The zero-order chi connectivity index (χ0) is 14.1. The number of rotatable bonds is 3. The predicted octanol–water partition coefficient (Wildman–Crippen LogP) is 3.99. The first-order chi connectivity index (χ1) is 9.67. The fourth-order valence-electron chi connectivity index (χ4n) is 2.33. The van der Waals surface area contributed by atoms with E-state index < -0.39 is 0 Å². The van der Waals surface area contributed by atoms with E-state index in [2.05, 4.69) is 6.07 Å². The zero-order valence-corrected chi connectivity index (χ0v) is 11.7. The Morgan fingerprint density at radius 2 is 2.00 bits per heavy atom. The summed E-state index contributed by atoms with van der Waals surface area (Å²) in [6.45, 7) is 0. The van der Waals surface area contributed by atoms with Gasteiger partial charge >= 0.3 is 0 Å². The average molecular weight is 287 g/mol. The van der Waals surface area contributed by atoms with Crippen molar-refractivity contribution in [2.24, 2.45) is 0 Å². The second-order valence-electron chi connectivity index (χ2n) is 4.63. The van der Waals surface area contributed by atoms with Crippen LogP contribution in [0.5, 0.6) is 5.75 Å². The van der Waals surface area contributed by atoms with Gasteiger partial charge in [0.15, 0.2) is 0 Å². The van der Waals surface area contributed by atoms with E-state index in [-0.39, 0.29) is 10.6 Å². The van der Waals surface area contributed by atoms with E-state index >= 15 is 0 Å². The van der Waals surface area contributed by atoms with Gasteiger partial charge in [-0.25, -0.2) is 0 Å². The van der Waals surface area contributed by atoms with Gasteiger partial charge in [0, 0.05) is 22.3 Å². The van der Waals surface area contributed by atoms with Crippen molar-refractivity contribution in [3.8, 4) is 5.75 Å². The van der Waals surface area contributed by atoms with Crippen LogP contribution in [0.4, 0.5) is 5.69 Å². The maximum Gasteiger partial charge on any atom is 0.269 e. The number of fused-ring (bicyclic) bond motifs is 1. The standard InChI is InChI=1S/C15H13NO3S/c1-19-13-7-4-11-8-14(20-15(11)9-13)10-2-5-12(6-3-10)16(17)18/h2-7,9,14H,8H2,1H3. The summed E-state index contributed by atoms with van der Waals surface area (Å²) < 4.78 is 5.23. The zero-order valence-electron chi connectivity index (χ0n) is 10.9. The molecule has 0 saturated heterocycles. The molecule has 3 rings (SSSR count). The minimum Gasteiger partial charge on any atom is -0.497 e. The lowest BCUT2D eigenvalue weighted by molar-refractivity contribution is -0.384. The Bertz CT molecular complexity index is 655. The van der Waals surface area contributed by atoms with Gasteiger partial charge in [0.25, 0.3) is 5.69 Å². The third-order valence-electron chi connectivity index (χ3n) is 3.42. The van der Waals surface area contributed by atoms with E-state index in [1.807, 2.05) is 24.3 Å². The molecule has 1 aliphatic heterocycles. The molecule has 5 heteroatoms. The Balaban J connectivity index is 1.82. The summed E-state index contributed by atoms with van der Waals surface area (Å²) in [7, 11) is 1.66. The first-order valence-corrected chi connectivity index (χ1v) is 7.13. The number of thioether (sulfide) groups is 1. The number of methoxy groups -OCH3 is 1. The maximum atomic E-state index is 10.7. The quantitative estimate of drug-likeness (QED) is 0.632. The molecule has 1 unspecified atom stereocenters. The topological polar surface area (TPSA) is 52.4 Å². The molecule has 4 nitrogen and oxygen atoms in total. The predicted molar refractivity (Wildman–Crippen MR) is 78.4 cm³/mol. The van der Waals surface area contributed by atoms with Crippen LogP contribution in [-0.4, -0.2) is 12.0 Å². The molecule has 0 spiro atoms. The van der Waals surface area contributed by atoms with Gasteiger partial charge in [-0.15, -0.1) is 11.8 Å². The highest BCUT2D eigenvalue weighted by atomic mass is 32.2. The SMILES string of the molecule is COc1ccc2c(c1)SC(c1ccc([N+](=O)[O-])cc1)C2. The van der Waals surface area contributed by atoms with Gasteiger partial charge in [-0.3, -0.25) is 10.1 Å². The van der Waals surface area contributed by atoms with Gasteiger partial charge in [-0.2, -0.15) is 0 Å². The van der Waals surface area contributed by atoms with Crippen LogP contribution in [0.15, 0.2) is 47.4 Å². The monoisotopic (exact) mass is 287 g/mol. The van der Waals surface area contributed by atoms with Crippen molar-refractivity contribution in [3.63, 3.8) is 0 Å². The largest absolute Gasteiger partial charge is 0.497 e. The van der Waals surface area contributed by atoms with Gasteiger partial charge in [0.1, 0.15) is 5.75 Å². The molecule has 0 bridgehead atoms. The van der Waals surface area contributed by atoms with E-state index in [4.69, 9.17) is 4.74 Å². The molecule has 0 saturated carbocycles. The Morgan fingerprint density at radius 3 is 2.65 bits per heavy atom. The van der Waals surface area contributed by atoms with Crippen molar-refractivity contribution < 1.29 is 9.66 Å². The lowest BCUT2D eigenvalue weighted by Gasteiger charge is -2.08. The highest BCUT2D eigenvalue weighted by Gasteiger charge is 2.24. The Labute approximate surface area is 120 Å². The lowest BCUT2D eigenvalue weighted by Crippen LogP contribution is -1.93. The molecule has 2 aromatic carbocycles. The minimum atomic E-state index is -0.370. The minimum absolute atomic E-state index is 0.135. The Hall–Kier alpha value is -2.01. The van der Waals surface area contributed by atoms with Gasteiger partial charge in [0.05, 0.1) is 12.0 Å². The lowest BCUT2D eigenvalue weighted by atomic mass is 10.0. The molecule has 0 fully saturated rings. The molecular formula is C15H13NO3S. The van der Waals surface area contributed by atoms with Crippen LogP contribution in [0.25, 0.3) is 0 Å². The maximum absolute atomic E-state index is 10.7. The van der Waals surface area contributed by atoms with E-state index in [1.54, 1.807) is 31.0 Å². The van der Waals surface area contributed by atoms with E-state index in [0.29, 0.717) is 5.25 Å². The highest BCUT2D eigenvalue weighted by molar-refractivity contribution is 7.99. The van der Waals surface area contributed by atoms with Crippen LogP contribution >= 0.6 is 11.8 Å². The van der Waals surface area contributed by atoms with Gasteiger partial charge < -0.3 is 4.74 Å². The molecule has 1 heterocycles. The number of nitrogens with zero attached hydrogens (tertiary/aromatic N) is 1. The van der Waals surface area contributed by atoms with Crippen molar-refractivity contribution >= 4 is 17.4 Å². The Kier molecular flexibility index (Phi) is 3.36. The summed E-state index contributed by atoms with van der Waals surface area (Å²) in [5, 5.41) is 11.0. The number of nitro groups is 1. The van der Waals surface area contributed by atoms with Crippen molar-refractivity contribution in [1.82, 2.24) is 0 Å². The van der Waals surface area contributed by atoms with Crippen LogP contribution < -0.4 is 4.74 Å². The van der Waals surface area contributed by atoms with Crippen molar-refractivity contribution in [2.75, 3.05) is 7.11 Å². The number of non-ortho nitro benzene ring substituents is 1. The molecule has 0 aromatic heterocycles. The van der Waals surface area contributed by atoms with Crippen LogP contribution in [0.3, 0.4) is 0 Å². The molecule has 0 amide bonds. The summed E-state index contributed by atoms with van der Waals surface area (Å²) in [6, 6.07) is 12.9. The number of ether oxygens (including phenoxy) is 1. The molecule has 0 N–H and O–H groups in total. The normalized spacial score (nSPS) is 16.8. The van der Waals surface area contributed by atoms with Crippen LogP contribution in [0.1, 0.15) is 16.4 Å². The van der Waals surface area contributed by atoms with Gasteiger partial charge in [-0.05, 0) is 29.7 Å². The number of benzene rings is 2. The number of hydrogen-bond acceptors (Lipinski definition) is 4. The van der Waals surface area contributed by atoms with E-state index in [9.17, 15) is 10.1 Å². The molecule has 102 valence electrons. The molecule has 0 aliphatic carbocycles. The van der Waals surface area contributed by atoms with Crippen LogP contribution in [-0.2, 0) is 6.42 Å². The molecule has 2 aromatic rings. The number of hydrogen-bond donors (Lipinski definition) is 0. The van der Waals surface area contributed by atoms with E-state index in [1.165, 1.54) is 10.5 Å². The molecule has 20 heavy (non-hydrogen) atoms. The smallest absolute Gasteiger partial charge is 0.269 e. The van der Waals surface area contributed by atoms with Crippen LogP contribution in [0, 0.1) is 10.1 Å². The van der Waals surface area contributed by atoms with Crippen molar-refractivity contribution in [3.05, 3.63) is 63.7 Å². The van der Waals surface area contributed by atoms with Gasteiger partial charge in [-0.1, -0.05) is 18.2 Å².